The largest absolute Gasteiger partial charge is 0.464 e. The van der Waals surface area contributed by atoms with Gasteiger partial charge in [-0.25, -0.2) is 4.98 Å². The van der Waals surface area contributed by atoms with Crippen LogP contribution >= 0.6 is 11.3 Å². The summed E-state index contributed by atoms with van der Waals surface area (Å²) in [7, 11) is 1.69. The molecule has 2 heterocycles. The van der Waals surface area contributed by atoms with Crippen LogP contribution in [0.5, 0.6) is 0 Å². The van der Waals surface area contributed by atoms with Crippen LogP contribution in [0.2, 0.25) is 0 Å². The average molecular weight is 308 g/mol. The van der Waals surface area contributed by atoms with Gasteiger partial charge in [-0.3, -0.25) is 4.99 Å². The molecule has 1 atom stereocenters. The number of aryl methyl sites for hydroxylation is 2. The summed E-state index contributed by atoms with van der Waals surface area (Å²) in [6.45, 7) is 4.81. The molecule has 2 aromatic heterocycles. The van der Waals surface area contributed by atoms with E-state index in [2.05, 4.69) is 20.6 Å². The first-order valence-electron chi connectivity index (χ1n) is 6.68. The number of aliphatic imine (C=N–C) groups is 1. The topological polar surface area (TPSA) is 82.7 Å². The molecule has 0 saturated carbocycles. The summed E-state index contributed by atoms with van der Waals surface area (Å²) in [5.41, 5.74) is 2.85. The van der Waals surface area contributed by atoms with Gasteiger partial charge >= 0.3 is 0 Å². The lowest BCUT2D eigenvalue weighted by atomic mass is 10.3. The lowest BCUT2D eigenvalue weighted by Gasteiger charge is -2.14. The van der Waals surface area contributed by atoms with Gasteiger partial charge < -0.3 is 20.2 Å². The second-order valence-electron chi connectivity index (χ2n) is 4.63. The van der Waals surface area contributed by atoms with E-state index in [-0.39, 0.29) is 0 Å². The summed E-state index contributed by atoms with van der Waals surface area (Å²) in [5.74, 6) is 1.96. The molecule has 0 aromatic carbocycles. The molecule has 1 unspecified atom stereocenters. The minimum absolute atomic E-state index is 0.328. The maximum Gasteiger partial charge on any atom is 0.191 e. The molecular weight excluding hydrogens is 288 g/mol. The Hall–Kier alpha value is -1.86. The van der Waals surface area contributed by atoms with Crippen molar-refractivity contribution in [2.45, 2.75) is 26.5 Å². The van der Waals surface area contributed by atoms with Crippen LogP contribution in [0.25, 0.3) is 0 Å². The molecule has 0 saturated heterocycles. The maximum atomic E-state index is 10.0. The van der Waals surface area contributed by atoms with E-state index in [1.54, 1.807) is 24.5 Å². The summed E-state index contributed by atoms with van der Waals surface area (Å²) in [6.07, 6.45) is -0.706. The van der Waals surface area contributed by atoms with E-state index in [1.807, 2.05) is 25.4 Å². The third-order valence-corrected chi connectivity index (χ3v) is 3.97. The Balaban J connectivity index is 1.81. The molecule has 0 spiro atoms. The summed E-state index contributed by atoms with van der Waals surface area (Å²) in [5, 5.41) is 16.3. The number of rotatable bonds is 5. The number of thiazole rings is 1. The van der Waals surface area contributed by atoms with Crippen LogP contribution in [0.1, 0.15) is 28.2 Å². The Kier molecular flexibility index (Phi) is 5.35. The minimum Gasteiger partial charge on any atom is -0.464 e. The Morgan fingerprint density at radius 3 is 2.81 bits per heavy atom. The van der Waals surface area contributed by atoms with Crippen LogP contribution < -0.4 is 10.6 Å². The zero-order chi connectivity index (χ0) is 15.2. The number of hydrogen-bond donors (Lipinski definition) is 3. The number of hydrogen-bond acceptors (Lipinski definition) is 5. The van der Waals surface area contributed by atoms with Crippen molar-refractivity contribution in [2.75, 3.05) is 13.6 Å². The molecule has 0 fully saturated rings. The lowest BCUT2D eigenvalue weighted by molar-refractivity contribution is 0.151. The van der Waals surface area contributed by atoms with E-state index in [1.165, 1.54) is 4.88 Å². The summed E-state index contributed by atoms with van der Waals surface area (Å²) in [4.78, 5) is 9.49. The van der Waals surface area contributed by atoms with Crippen LogP contribution in [0.4, 0.5) is 0 Å². The standard InChI is InChI=1S/C14H20N4O2S/c1-9-4-5-12(20-9)11(19)6-16-14(15-3)17-7-13-10(2)18-8-21-13/h4-5,8,11,19H,6-7H2,1-3H3,(H2,15,16,17). The molecule has 0 aliphatic carbocycles. The zero-order valence-corrected chi connectivity index (χ0v) is 13.2. The van der Waals surface area contributed by atoms with E-state index >= 15 is 0 Å². The van der Waals surface area contributed by atoms with E-state index in [4.69, 9.17) is 4.42 Å². The molecule has 0 aliphatic heterocycles. The van der Waals surface area contributed by atoms with Crippen molar-refractivity contribution in [3.8, 4) is 0 Å². The highest BCUT2D eigenvalue weighted by Gasteiger charge is 2.12. The van der Waals surface area contributed by atoms with Crippen molar-refractivity contribution in [1.82, 2.24) is 15.6 Å². The smallest absolute Gasteiger partial charge is 0.191 e. The van der Waals surface area contributed by atoms with Crippen molar-refractivity contribution >= 4 is 17.3 Å². The molecule has 7 heteroatoms. The summed E-state index contributed by atoms with van der Waals surface area (Å²) in [6, 6.07) is 3.61. The van der Waals surface area contributed by atoms with Gasteiger partial charge in [0.25, 0.3) is 0 Å². The predicted octanol–water partition coefficient (Wildman–Crippen LogP) is 1.75. The number of aliphatic hydroxyl groups excluding tert-OH is 1. The number of aliphatic hydroxyl groups is 1. The van der Waals surface area contributed by atoms with Crippen LogP contribution in [0.15, 0.2) is 27.1 Å². The van der Waals surface area contributed by atoms with Gasteiger partial charge in [-0.15, -0.1) is 11.3 Å². The Morgan fingerprint density at radius 2 is 2.24 bits per heavy atom. The van der Waals surface area contributed by atoms with Gasteiger partial charge in [-0.2, -0.15) is 0 Å². The highest BCUT2D eigenvalue weighted by molar-refractivity contribution is 7.09. The monoisotopic (exact) mass is 308 g/mol. The lowest BCUT2D eigenvalue weighted by Crippen LogP contribution is -2.38. The normalized spacial score (nSPS) is 13.2. The molecular formula is C14H20N4O2S. The third-order valence-electron chi connectivity index (χ3n) is 3.04. The fraction of sp³-hybridized carbons (Fsp3) is 0.429. The molecule has 0 amide bonds. The third kappa shape index (κ3) is 4.30. The predicted molar refractivity (Wildman–Crippen MR) is 83.5 cm³/mol. The highest BCUT2D eigenvalue weighted by Crippen LogP contribution is 2.15. The molecule has 3 N–H and O–H groups in total. The van der Waals surface area contributed by atoms with Crippen molar-refractivity contribution in [3.63, 3.8) is 0 Å². The molecule has 0 aliphatic rings. The van der Waals surface area contributed by atoms with E-state index in [0.29, 0.717) is 24.8 Å². The van der Waals surface area contributed by atoms with E-state index in [0.717, 1.165) is 11.5 Å². The number of nitrogens with zero attached hydrogens (tertiary/aromatic N) is 2. The van der Waals surface area contributed by atoms with Gasteiger partial charge in [0.2, 0.25) is 0 Å². The Labute approximate surface area is 127 Å². The number of aromatic nitrogens is 1. The quantitative estimate of drug-likeness (QED) is 0.579. The molecule has 0 radical (unpaired) electrons. The Morgan fingerprint density at radius 1 is 1.43 bits per heavy atom. The van der Waals surface area contributed by atoms with Crippen molar-refractivity contribution in [2.24, 2.45) is 4.99 Å². The molecule has 0 bridgehead atoms. The van der Waals surface area contributed by atoms with Crippen LogP contribution in [0.3, 0.4) is 0 Å². The van der Waals surface area contributed by atoms with Crippen molar-refractivity contribution in [3.05, 3.63) is 39.7 Å². The van der Waals surface area contributed by atoms with Gasteiger partial charge in [0.1, 0.15) is 17.6 Å². The molecule has 114 valence electrons. The highest BCUT2D eigenvalue weighted by atomic mass is 32.1. The SMILES string of the molecule is CN=C(NCc1scnc1C)NCC(O)c1ccc(C)o1. The Bertz CT molecular complexity index is 606. The summed E-state index contributed by atoms with van der Waals surface area (Å²) >= 11 is 1.61. The fourth-order valence-electron chi connectivity index (χ4n) is 1.81. The zero-order valence-electron chi connectivity index (χ0n) is 12.4. The van der Waals surface area contributed by atoms with Gasteiger partial charge in [-0.05, 0) is 26.0 Å². The number of nitrogens with one attached hydrogen (secondary N) is 2. The van der Waals surface area contributed by atoms with Gasteiger partial charge in [-0.1, -0.05) is 0 Å². The molecule has 6 nitrogen and oxygen atoms in total. The van der Waals surface area contributed by atoms with Gasteiger partial charge in [0.15, 0.2) is 5.96 Å². The average Bonchev–Trinajstić information content (AvgIpc) is 3.08. The van der Waals surface area contributed by atoms with E-state index < -0.39 is 6.10 Å². The second-order valence-corrected chi connectivity index (χ2v) is 5.57. The van der Waals surface area contributed by atoms with Crippen LogP contribution in [-0.2, 0) is 6.54 Å². The summed E-state index contributed by atoms with van der Waals surface area (Å²) < 4.78 is 5.39. The first kappa shape index (κ1) is 15.5. The second kappa shape index (κ2) is 7.24. The first-order chi connectivity index (χ1) is 10.1. The number of guanidine groups is 1. The van der Waals surface area contributed by atoms with Crippen molar-refractivity contribution in [1.29, 1.82) is 0 Å². The van der Waals surface area contributed by atoms with Gasteiger partial charge in [0.05, 0.1) is 24.3 Å². The molecule has 21 heavy (non-hydrogen) atoms. The van der Waals surface area contributed by atoms with Crippen LogP contribution in [0, 0.1) is 13.8 Å². The fourth-order valence-corrected chi connectivity index (χ4v) is 2.52. The van der Waals surface area contributed by atoms with Crippen molar-refractivity contribution < 1.29 is 9.52 Å². The van der Waals surface area contributed by atoms with E-state index in [9.17, 15) is 5.11 Å². The molecule has 2 aromatic rings. The van der Waals surface area contributed by atoms with Crippen LogP contribution in [-0.4, -0.2) is 29.6 Å². The number of furan rings is 1. The maximum absolute atomic E-state index is 10.0. The molecule has 2 rings (SSSR count). The first-order valence-corrected chi connectivity index (χ1v) is 7.56. The van der Waals surface area contributed by atoms with Gasteiger partial charge in [0, 0.05) is 11.9 Å². The minimum atomic E-state index is -0.706.